The van der Waals surface area contributed by atoms with Gasteiger partial charge in [-0.3, -0.25) is 9.69 Å². The fraction of sp³-hybridized carbons (Fsp3) is 0.562. The van der Waals surface area contributed by atoms with Crippen molar-refractivity contribution in [1.29, 1.82) is 0 Å². The lowest BCUT2D eigenvalue weighted by molar-refractivity contribution is -0.130. The number of hydrogen-bond acceptors (Lipinski definition) is 4. The van der Waals surface area contributed by atoms with Gasteiger partial charge in [0, 0.05) is 50.2 Å². The lowest BCUT2D eigenvalue weighted by Crippen LogP contribution is -2.56. The Labute approximate surface area is 148 Å². The smallest absolute Gasteiger partial charge is 0.241 e. The molecule has 2 rings (SSSR count). The van der Waals surface area contributed by atoms with Crippen molar-refractivity contribution < 1.29 is 13.2 Å². The van der Waals surface area contributed by atoms with Gasteiger partial charge in [-0.15, -0.1) is 0 Å². The summed E-state index contributed by atoms with van der Waals surface area (Å²) in [5.41, 5.74) is -0.628. The second-order valence-corrected chi connectivity index (χ2v) is 8.84. The fourth-order valence-corrected chi connectivity index (χ4v) is 4.38. The average molecular weight is 374 g/mol. The number of hydrogen-bond donors (Lipinski definition) is 1. The zero-order chi connectivity index (χ0) is 18.0. The highest BCUT2D eigenvalue weighted by Crippen LogP contribution is 2.17. The van der Waals surface area contributed by atoms with Gasteiger partial charge in [-0.1, -0.05) is 11.6 Å². The summed E-state index contributed by atoms with van der Waals surface area (Å²) in [5, 5.41) is 0.497. The van der Waals surface area contributed by atoms with Gasteiger partial charge in [-0.2, -0.15) is 0 Å². The molecule has 134 valence electrons. The summed E-state index contributed by atoms with van der Waals surface area (Å²) in [6.45, 7) is 8.70. The molecule has 0 unspecified atom stereocenters. The van der Waals surface area contributed by atoms with Crippen LogP contribution in [-0.2, 0) is 14.8 Å². The number of rotatable bonds is 5. The summed E-state index contributed by atoms with van der Waals surface area (Å²) in [5.74, 6) is 0.0809. The largest absolute Gasteiger partial charge is 0.340 e. The van der Waals surface area contributed by atoms with E-state index in [0.717, 1.165) is 13.1 Å². The van der Waals surface area contributed by atoms with Crippen LogP contribution < -0.4 is 4.72 Å². The molecule has 0 radical (unpaired) electrons. The molecule has 1 aromatic rings. The Balaban J connectivity index is 1.98. The predicted octanol–water partition coefficient (Wildman–Crippen LogP) is 1.56. The zero-order valence-electron chi connectivity index (χ0n) is 14.3. The molecule has 24 heavy (non-hydrogen) atoms. The lowest BCUT2D eigenvalue weighted by atomic mass is 10.1. The molecule has 0 atom stereocenters. The maximum absolute atomic E-state index is 12.5. The number of amides is 1. The molecule has 0 aliphatic carbocycles. The van der Waals surface area contributed by atoms with Crippen molar-refractivity contribution in [3.8, 4) is 0 Å². The van der Waals surface area contributed by atoms with Crippen LogP contribution in [0.2, 0.25) is 5.02 Å². The quantitative estimate of drug-likeness (QED) is 0.850. The van der Waals surface area contributed by atoms with Crippen molar-refractivity contribution in [3.63, 3.8) is 0 Å². The minimum Gasteiger partial charge on any atom is -0.340 e. The Kier molecular flexibility index (Phi) is 5.91. The van der Waals surface area contributed by atoms with E-state index in [9.17, 15) is 13.2 Å². The first kappa shape index (κ1) is 19.2. The van der Waals surface area contributed by atoms with Gasteiger partial charge >= 0.3 is 0 Å². The Morgan fingerprint density at radius 3 is 2.21 bits per heavy atom. The highest BCUT2D eigenvalue weighted by Gasteiger charge is 2.30. The van der Waals surface area contributed by atoms with Crippen LogP contribution in [-0.4, -0.2) is 62.4 Å². The second-order valence-electron chi connectivity index (χ2n) is 6.73. The van der Waals surface area contributed by atoms with Gasteiger partial charge in [-0.05, 0) is 38.1 Å². The first-order valence-electron chi connectivity index (χ1n) is 7.86. The maximum atomic E-state index is 12.5. The first-order valence-corrected chi connectivity index (χ1v) is 9.73. The van der Waals surface area contributed by atoms with Crippen LogP contribution in [0.3, 0.4) is 0 Å². The van der Waals surface area contributed by atoms with Gasteiger partial charge in [0.25, 0.3) is 0 Å². The SMILES string of the molecule is CC(=O)N1CCN(CC(C)(C)NS(=O)(=O)c2ccc(Cl)cc2)CC1. The van der Waals surface area contributed by atoms with Gasteiger partial charge in [0.1, 0.15) is 0 Å². The lowest BCUT2D eigenvalue weighted by Gasteiger charge is -2.38. The van der Waals surface area contributed by atoms with E-state index in [1.165, 1.54) is 12.1 Å². The van der Waals surface area contributed by atoms with Crippen LogP contribution >= 0.6 is 11.6 Å². The van der Waals surface area contributed by atoms with E-state index in [4.69, 9.17) is 11.6 Å². The summed E-state index contributed by atoms with van der Waals surface area (Å²) in [7, 11) is -3.61. The molecule has 1 aliphatic rings. The molecule has 0 saturated carbocycles. The van der Waals surface area contributed by atoms with Crippen molar-refractivity contribution in [2.75, 3.05) is 32.7 Å². The maximum Gasteiger partial charge on any atom is 0.241 e. The molecule has 1 heterocycles. The summed E-state index contributed by atoms with van der Waals surface area (Å²) in [6.07, 6.45) is 0. The molecule has 0 aromatic heterocycles. The zero-order valence-corrected chi connectivity index (χ0v) is 15.8. The average Bonchev–Trinajstić information content (AvgIpc) is 2.46. The standard InChI is InChI=1S/C16H24ClN3O3S/c1-13(21)20-10-8-19(9-11-20)12-16(2,3)18-24(22,23)15-6-4-14(17)5-7-15/h4-7,18H,8-12H2,1-3H3. The van der Waals surface area contributed by atoms with Crippen LogP contribution in [0.5, 0.6) is 0 Å². The summed E-state index contributed by atoms with van der Waals surface area (Å²) >= 11 is 5.81. The van der Waals surface area contributed by atoms with Crippen molar-refractivity contribution in [2.45, 2.75) is 31.2 Å². The van der Waals surface area contributed by atoms with Crippen LogP contribution in [0.1, 0.15) is 20.8 Å². The third-order valence-electron chi connectivity index (χ3n) is 3.97. The van der Waals surface area contributed by atoms with E-state index >= 15 is 0 Å². The topological polar surface area (TPSA) is 69.7 Å². The Morgan fingerprint density at radius 1 is 1.17 bits per heavy atom. The molecule has 1 amide bonds. The molecule has 8 heteroatoms. The molecular formula is C16H24ClN3O3S. The van der Waals surface area contributed by atoms with Gasteiger partial charge in [0.15, 0.2) is 0 Å². The molecule has 6 nitrogen and oxygen atoms in total. The Morgan fingerprint density at radius 2 is 1.71 bits per heavy atom. The van der Waals surface area contributed by atoms with Crippen LogP contribution in [0.15, 0.2) is 29.2 Å². The van der Waals surface area contributed by atoms with Crippen LogP contribution in [0, 0.1) is 0 Å². The van der Waals surface area contributed by atoms with Crippen LogP contribution in [0.4, 0.5) is 0 Å². The third-order valence-corrected chi connectivity index (χ3v) is 5.94. The highest BCUT2D eigenvalue weighted by molar-refractivity contribution is 7.89. The van der Waals surface area contributed by atoms with E-state index in [2.05, 4.69) is 9.62 Å². The molecule has 1 aromatic carbocycles. The molecule has 1 fully saturated rings. The van der Waals surface area contributed by atoms with E-state index in [0.29, 0.717) is 24.7 Å². The van der Waals surface area contributed by atoms with Crippen molar-refractivity contribution >= 4 is 27.5 Å². The van der Waals surface area contributed by atoms with E-state index in [1.807, 2.05) is 13.8 Å². The normalized spacial score (nSPS) is 17.1. The molecule has 1 aliphatic heterocycles. The first-order chi connectivity index (χ1) is 11.1. The summed E-state index contributed by atoms with van der Waals surface area (Å²) in [4.78, 5) is 15.5. The van der Waals surface area contributed by atoms with Gasteiger partial charge in [-0.25, -0.2) is 13.1 Å². The fourth-order valence-electron chi connectivity index (χ4n) is 2.85. The Hall–Kier alpha value is -1.15. The molecule has 0 spiro atoms. The van der Waals surface area contributed by atoms with Gasteiger partial charge < -0.3 is 4.90 Å². The van der Waals surface area contributed by atoms with Crippen molar-refractivity contribution in [2.24, 2.45) is 0 Å². The van der Waals surface area contributed by atoms with E-state index in [-0.39, 0.29) is 10.8 Å². The second kappa shape index (κ2) is 7.39. The number of halogens is 1. The number of piperazine rings is 1. The number of carbonyl (C=O) groups excluding carboxylic acids is 1. The number of benzene rings is 1. The summed E-state index contributed by atoms with van der Waals surface area (Å²) in [6, 6.07) is 6.10. The highest BCUT2D eigenvalue weighted by atomic mass is 35.5. The molecular weight excluding hydrogens is 350 g/mol. The monoisotopic (exact) mass is 373 g/mol. The van der Waals surface area contributed by atoms with Crippen LogP contribution in [0.25, 0.3) is 0 Å². The van der Waals surface area contributed by atoms with Gasteiger partial charge in [0.05, 0.1) is 4.90 Å². The van der Waals surface area contributed by atoms with E-state index < -0.39 is 15.6 Å². The third kappa shape index (κ3) is 5.17. The molecule has 0 bridgehead atoms. The summed E-state index contributed by atoms with van der Waals surface area (Å²) < 4.78 is 27.8. The number of sulfonamides is 1. The molecule has 1 N–H and O–H groups in total. The minimum absolute atomic E-state index is 0.0809. The van der Waals surface area contributed by atoms with E-state index in [1.54, 1.807) is 24.0 Å². The number of nitrogens with zero attached hydrogens (tertiary/aromatic N) is 2. The van der Waals surface area contributed by atoms with Crippen molar-refractivity contribution in [3.05, 3.63) is 29.3 Å². The molecule has 1 saturated heterocycles. The number of carbonyl (C=O) groups is 1. The predicted molar refractivity (Wildman–Crippen MR) is 94.5 cm³/mol. The van der Waals surface area contributed by atoms with Gasteiger partial charge in [0.2, 0.25) is 15.9 Å². The Bertz CT molecular complexity index is 681. The minimum atomic E-state index is -3.61. The number of nitrogens with one attached hydrogen (secondary N) is 1. The van der Waals surface area contributed by atoms with Crippen molar-refractivity contribution in [1.82, 2.24) is 14.5 Å².